The summed E-state index contributed by atoms with van der Waals surface area (Å²) in [5, 5.41) is 0. The van der Waals surface area contributed by atoms with Crippen molar-refractivity contribution < 1.29 is 10.6 Å². The Morgan fingerprint density at radius 3 is 0.558 bits per heavy atom. The predicted molar refractivity (Wildman–Crippen MR) is 187 cm³/mol. The van der Waals surface area contributed by atoms with Gasteiger partial charge in [0.2, 0.25) is 0 Å². The van der Waals surface area contributed by atoms with Gasteiger partial charge in [-0.05, 0) is 0 Å². The quantitative estimate of drug-likeness (QED) is 0.105. The van der Waals surface area contributed by atoms with Crippen LogP contribution in [0.3, 0.4) is 0 Å². The third-order valence-corrected chi connectivity index (χ3v) is 12.9. The van der Waals surface area contributed by atoms with E-state index in [0.29, 0.717) is 0 Å². The molecule has 258 valence electrons. The summed E-state index contributed by atoms with van der Waals surface area (Å²) in [4.78, 5) is 14.9. The summed E-state index contributed by atoms with van der Waals surface area (Å²) in [5.74, 6) is 0. The Bertz CT molecular complexity index is 478. The first-order chi connectivity index (χ1) is 20.7. The molecule has 0 aliphatic heterocycles. The topological polar surface area (TPSA) is 47.1 Å². The Morgan fingerprint density at radius 2 is 0.442 bits per heavy atom. The molecule has 10 heteroatoms. The Hall–Kier alpha value is 0.276. The molecule has 0 radical (unpaired) electrons. The summed E-state index contributed by atoms with van der Waals surface area (Å²) in [5.41, 5.74) is 0. The Balaban J connectivity index is 6.51. The van der Waals surface area contributed by atoms with Crippen LogP contribution >= 0.6 is 0 Å². The minimum atomic E-state index is -3.19. The summed E-state index contributed by atoms with van der Waals surface area (Å²) in [6.07, 6.45) is 0.194. The maximum absolute atomic E-state index is 7.16. The van der Waals surface area contributed by atoms with Gasteiger partial charge in [0.1, 0.15) is 0 Å². The van der Waals surface area contributed by atoms with Crippen molar-refractivity contribution in [1.29, 1.82) is 0 Å². The maximum atomic E-state index is 7.16. The molecule has 0 aromatic heterocycles. The third-order valence-electron chi connectivity index (χ3n) is 9.05. The summed E-state index contributed by atoms with van der Waals surface area (Å²) in [6.45, 7) is 44.7. The molecular weight excluding hydrogens is 598 g/mol. The molecule has 43 heavy (non-hydrogen) atoms. The zero-order valence-electron chi connectivity index (χ0n) is 30.9. The summed E-state index contributed by atoms with van der Waals surface area (Å²) >= 11 is -3.19. The van der Waals surface area contributed by atoms with Crippen LogP contribution in [-0.4, -0.2) is 183 Å². The number of likely N-dealkylation sites (N-methyl/N-ethyl adjacent to an activating group) is 6. The number of nitrogens with zero attached hydrogens (tertiary/aromatic N) is 6. The fraction of sp³-hybridized carbons (Fsp3) is 1.00. The van der Waals surface area contributed by atoms with Gasteiger partial charge in [0.05, 0.1) is 0 Å². The Morgan fingerprint density at radius 1 is 0.302 bits per heavy atom. The summed E-state index contributed by atoms with van der Waals surface area (Å²) in [7, 11) is 0. The number of hydrogen-bond acceptors (Lipinski definition) is 9. The Kier molecular flexibility index (Phi) is 27.6. The predicted octanol–water partition coefficient (Wildman–Crippen LogP) is 4.18. The molecule has 0 fully saturated rings. The molecule has 0 amide bonds. The van der Waals surface area contributed by atoms with E-state index in [0.717, 1.165) is 118 Å². The van der Waals surface area contributed by atoms with E-state index in [2.05, 4.69) is 112 Å². The fourth-order valence-corrected chi connectivity index (χ4v) is 9.08. The van der Waals surface area contributed by atoms with Crippen molar-refractivity contribution in [1.82, 2.24) is 29.4 Å². The Labute approximate surface area is 275 Å². The second-order valence-corrected chi connectivity index (χ2v) is 14.4. The van der Waals surface area contributed by atoms with Gasteiger partial charge in [-0.3, -0.25) is 0 Å². The van der Waals surface area contributed by atoms with Crippen LogP contribution in [0.5, 0.6) is 0 Å². The molecule has 0 aliphatic rings. The van der Waals surface area contributed by atoms with Crippen molar-refractivity contribution >= 4 is 17.3 Å². The molecule has 0 unspecified atom stereocenters. The number of hydrogen-bond donors (Lipinski definition) is 0. The molecular formula is C33H75GaN6O3. The van der Waals surface area contributed by atoms with Crippen LogP contribution in [0.15, 0.2) is 0 Å². The van der Waals surface area contributed by atoms with Crippen molar-refractivity contribution in [3.05, 3.63) is 0 Å². The van der Waals surface area contributed by atoms with Crippen molar-refractivity contribution in [2.75, 3.05) is 118 Å². The monoisotopic (exact) mass is 673 g/mol. The summed E-state index contributed by atoms with van der Waals surface area (Å²) < 4.78 is 21.5. The van der Waals surface area contributed by atoms with Crippen LogP contribution in [0.4, 0.5) is 0 Å². The molecule has 0 spiro atoms. The molecule has 0 bridgehead atoms. The molecule has 0 aromatic carbocycles. The molecule has 0 N–H and O–H groups in total. The van der Waals surface area contributed by atoms with Crippen LogP contribution in [-0.2, 0) is 10.6 Å². The van der Waals surface area contributed by atoms with Gasteiger partial charge in [0, 0.05) is 0 Å². The molecule has 0 saturated carbocycles. The first-order valence-corrected chi connectivity index (χ1v) is 21.0. The van der Waals surface area contributed by atoms with Gasteiger partial charge in [0.15, 0.2) is 0 Å². The molecule has 0 atom stereocenters. The van der Waals surface area contributed by atoms with Gasteiger partial charge in [-0.25, -0.2) is 0 Å². The van der Waals surface area contributed by atoms with E-state index in [9.17, 15) is 0 Å². The van der Waals surface area contributed by atoms with Crippen molar-refractivity contribution in [3.63, 3.8) is 0 Å². The minimum absolute atomic E-state index is 0.0647. The van der Waals surface area contributed by atoms with Crippen molar-refractivity contribution in [2.24, 2.45) is 0 Å². The van der Waals surface area contributed by atoms with Gasteiger partial charge in [-0.2, -0.15) is 0 Å². The van der Waals surface area contributed by atoms with Gasteiger partial charge in [0.25, 0.3) is 0 Å². The van der Waals surface area contributed by atoms with Crippen molar-refractivity contribution in [2.45, 2.75) is 101 Å². The van der Waals surface area contributed by atoms with Crippen LogP contribution in [0, 0.1) is 0 Å². The third kappa shape index (κ3) is 18.9. The van der Waals surface area contributed by atoms with Gasteiger partial charge in [-0.1, -0.05) is 0 Å². The van der Waals surface area contributed by atoms with Crippen molar-refractivity contribution in [3.8, 4) is 0 Å². The second kappa shape index (κ2) is 27.4. The molecule has 0 rings (SSSR count). The fourth-order valence-electron chi connectivity index (χ4n) is 5.62. The molecule has 0 heterocycles. The van der Waals surface area contributed by atoms with E-state index in [4.69, 9.17) is 10.6 Å². The second-order valence-electron chi connectivity index (χ2n) is 11.5. The van der Waals surface area contributed by atoms with Gasteiger partial charge >= 0.3 is 277 Å². The standard InChI is InChI=1S/3C11H25N2O.Ga/c3*1-5-12(6-2)9-11(14)10-13(7-3)8-4;/h3*11H,5-10H2,1-4H3;/q3*-1;+3. The van der Waals surface area contributed by atoms with E-state index in [1.807, 2.05) is 0 Å². The van der Waals surface area contributed by atoms with Gasteiger partial charge < -0.3 is 0 Å². The zero-order valence-corrected chi connectivity index (χ0v) is 33.4. The first-order valence-electron chi connectivity index (χ1n) is 18.0. The van der Waals surface area contributed by atoms with E-state index in [-0.39, 0.29) is 18.3 Å². The van der Waals surface area contributed by atoms with Crippen LogP contribution in [0.2, 0.25) is 0 Å². The van der Waals surface area contributed by atoms with E-state index in [1.54, 1.807) is 0 Å². The average Bonchev–Trinajstić information content (AvgIpc) is 3.03. The zero-order chi connectivity index (χ0) is 32.6. The molecule has 0 saturated heterocycles. The summed E-state index contributed by atoms with van der Waals surface area (Å²) in [6, 6.07) is 0. The van der Waals surface area contributed by atoms with Crippen LogP contribution in [0.1, 0.15) is 83.1 Å². The van der Waals surface area contributed by atoms with Crippen LogP contribution in [0.25, 0.3) is 0 Å². The van der Waals surface area contributed by atoms with E-state index < -0.39 is 17.3 Å². The normalized spacial score (nSPS) is 12.8. The SMILES string of the molecule is CCN(CC)CC(CN(CC)CC)[O][Ga]([O]C(CN(CC)CC)CN(CC)CC)[O]C(CN(CC)CC)CN(CC)CC. The van der Waals surface area contributed by atoms with E-state index >= 15 is 0 Å². The molecule has 0 aromatic rings. The molecule has 9 nitrogen and oxygen atoms in total. The molecule has 0 aliphatic carbocycles. The van der Waals surface area contributed by atoms with Crippen LogP contribution < -0.4 is 0 Å². The van der Waals surface area contributed by atoms with E-state index in [1.165, 1.54) is 0 Å². The first kappa shape index (κ1) is 43.3. The number of rotatable bonds is 30. The average molecular weight is 674 g/mol. The van der Waals surface area contributed by atoms with Gasteiger partial charge in [-0.15, -0.1) is 0 Å².